The standard InChI is InChI=1S/C14H28N2O/c1-3-7-16(10-14(17)4-2)13-8-11-5-6-12(9-13)15-11/h11-15,17H,3-10H2,1-2H3. The molecule has 3 heteroatoms. The lowest BCUT2D eigenvalue weighted by molar-refractivity contribution is 0.0659. The number of piperidine rings is 1. The maximum absolute atomic E-state index is 9.88. The Morgan fingerprint density at radius 3 is 2.41 bits per heavy atom. The van der Waals surface area contributed by atoms with E-state index in [0.717, 1.165) is 31.6 Å². The van der Waals surface area contributed by atoms with Crippen molar-refractivity contribution < 1.29 is 5.11 Å². The van der Waals surface area contributed by atoms with Crippen molar-refractivity contribution in [1.82, 2.24) is 10.2 Å². The van der Waals surface area contributed by atoms with Gasteiger partial charge in [0.2, 0.25) is 0 Å². The fraction of sp³-hybridized carbons (Fsp3) is 1.00. The lowest BCUT2D eigenvalue weighted by Crippen LogP contribution is -2.50. The minimum absolute atomic E-state index is 0.144. The van der Waals surface area contributed by atoms with Gasteiger partial charge in [-0.25, -0.2) is 0 Å². The molecule has 2 N–H and O–H groups in total. The van der Waals surface area contributed by atoms with Crippen molar-refractivity contribution in [3.63, 3.8) is 0 Å². The molecule has 2 heterocycles. The Bertz CT molecular complexity index is 222. The Labute approximate surface area is 106 Å². The van der Waals surface area contributed by atoms with E-state index in [0.29, 0.717) is 6.04 Å². The predicted octanol–water partition coefficient (Wildman–Crippen LogP) is 1.75. The van der Waals surface area contributed by atoms with Crippen LogP contribution in [0.25, 0.3) is 0 Å². The van der Waals surface area contributed by atoms with Crippen LogP contribution in [0.1, 0.15) is 52.4 Å². The van der Waals surface area contributed by atoms with Crippen molar-refractivity contribution in [2.45, 2.75) is 76.6 Å². The van der Waals surface area contributed by atoms with E-state index in [1.165, 1.54) is 32.1 Å². The van der Waals surface area contributed by atoms with Gasteiger partial charge >= 0.3 is 0 Å². The third-order valence-corrected chi connectivity index (χ3v) is 4.39. The van der Waals surface area contributed by atoms with E-state index in [-0.39, 0.29) is 6.10 Å². The van der Waals surface area contributed by atoms with E-state index in [1.54, 1.807) is 0 Å². The molecule has 2 saturated heterocycles. The molecule has 3 unspecified atom stereocenters. The molecule has 0 amide bonds. The average Bonchev–Trinajstić information content (AvgIpc) is 2.67. The highest BCUT2D eigenvalue weighted by molar-refractivity contribution is 4.95. The molecule has 100 valence electrons. The Balaban J connectivity index is 1.90. The first-order chi connectivity index (χ1) is 8.22. The van der Waals surface area contributed by atoms with E-state index >= 15 is 0 Å². The molecule has 0 aromatic carbocycles. The molecule has 2 rings (SSSR count). The third kappa shape index (κ3) is 3.43. The molecule has 2 bridgehead atoms. The summed E-state index contributed by atoms with van der Waals surface area (Å²) in [5, 5.41) is 13.6. The quantitative estimate of drug-likeness (QED) is 0.742. The number of fused-ring (bicyclic) bond motifs is 2. The highest BCUT2D eigenvalue weighted by Crippen LogP contribution is 2.30. The van der Waals surface area contributed by atoms with E-state index < -0.39 is 0 Å². The summed E-state index contributed by atoms with van der Waals surface area (Å²) < 4.78 is 0. The maximum atomic E-state index is 9.88. The van der Waals surface area contributed by atoms with E-state index in [4.69, 9.17) is 0 Å². The number of aliphatic hydroxyl groups is 1. The summed E-state index contributed by atoms with van der Waals surface area (Å²) in [5.41, 5.74) is 0. The van der Waals surface area contributed by atoms with Crippen LogP contribution in [0.3, 0.4) is 0 Å². The van der Waals surface area contributed by atoms with Crippen LogP contribution in [0.2, 0.25) is 0 Å². The SMILES string of the molecule is CCCN(CC(O)CC)C1CC2CCC(C1)N2. The van der Waals surface area contributed by atoms with Gasteiger partial charge in [-0.15, -0.1) is 0 Å². The van der Waals surface area contributed by atoms with Gasteiger partial charge < -0.3 is 10.4 Å². The molecule has 0 saturated carbocycles. The zero-order valence-electron chi connectivity index (χ0n) is 11.4. The molecule has 17 heavy (non-hydrogen) atoms. The minimum atomic E-state index is -0.144. The molecular weight excluding hydrogens is 212 g/mol. The second-order valence-electron chi connectivity index (χ2n) is 5.82. The van der Waals surface area contributed by atoms with E-state index in [2.05, 4.69) is 24.1 Å². The predicted molar refractivity (Wildman–Crippen MR) is 71.1 cm³/mol. The van der Waals surface area contributed by atoms with Gasteiger partial charge in [0.15, 0.2) is 0 Å². The largest absolute Gasteiger partial charge is 0.392 e. The zero-order chi connectivity index (χ0) is 12.3. The summed E-state index contributed by atoms with van der Waals surface area (Å²) in [4.78, 5) is 2.54. The monoisotopic (exact) mass is 240 g/mol. The van der Waals surface area contributed by atoms with Crippen LogP contribution in [0.5, 0.6) is 0 Å². The number of nitrogens with one attached hydrogen (secondary N) is 1. The molecule has 3 nitrogen and oxygen atoms in total. The van der Waals surface area contributed by atoms with Crippen molar-refractivity contribution >= 4 is 0 Å². The summed E-state index contributed by atoms with van der Waals surface area (Å²) in [6.07, 6.45) is 7.21. The average molecular weight is 240 g/mol. The second-order valence-corrected chi connectivity index (χ2v) is 5.82. The molecule has 0 radical (unpaired) electrons. The topological polar surface area (TPSA) is 35.5 Å². The van der Waals surface area contributed by atoms with Gasteiger partial charge in [-0.3, -0.25) is 4.90 Å². The van der Waals surface area contributed by atoms with Crippen molar-refractivity contribution in [3.05, 3.63) is 0 Å². The van der Waals surface area contributed by atoms with Crippen LogP contribution in [0, 0.1) is 0 Å². The smallest absolute Gasteiger partial charge is 0.0664 e. The summed E-state index contributed by atoms with van der Waals surface area (Å²) in [6, 6.07) is 2.20. The molecule has 0 aliphatic carbocycles. The van der Waals surface area contributed by atoms with Gasteiger partial charge in [0.1, 0.15) is 0 Å². The first-order valence-electron chi connectivity index (χ1n) is 7.41. The van der Waals surface area contributed by atoms with Crippen molar-refractivity contribution in [2.24, 2.45) is 0 Å². The molecular formula is C14H28N2O. The highest BCUT2D eigenvalue weighted by Gasteiger charge is 2.35. The molecule has 2 fully saturated rings. The lowest BCUT2D eigenvalue weighted by atomic mass is 9.97. The Kier molecular flexibility index (Phi) is 4.83. The van der Waals surface area contributed by atoms with E-state index in [9.17, 15) is 5.11 Å². The maximum Gasteiger partial charge on any atom is 0.0664 e. The van der Waals surface area contributed by atoms with Gasteiger partial charge in [0.25, 0.3) is 0 Å². The first kappa shape index (κ1) is 13.3. The van der Waals surface area contributed by atoms with Crippen LogP contribution in [-0.2, 0) is 0 Å². The summed E-state index contributed by atoms with van der Waals surface area (Å²) in [7, 11) is 0. The van der Waals surface area contributed by atoms with Gasteiger partial charge in [-0.05, 0) is 45.1 Å². The third-order valence-electron chi connectivity index (χ3n) is 4.39. The fourth-order valence-electron chi connectivity index (χ4n) is 3.44. The highest BCUT2D eigenvalue weighted by atomic mass is 16.3. The van der Waals surface area contributed by atoms with Crippen molar-refractivity contribution in [1.29, 1.82) is 0 Å². The van der Waals surface area contributed by atoms with Gasteiger partial charge in [-0.2, -0.15) is 0 Å². The number of hydrogen-bond acceptors (Lipinski definition) is 3. The summed E-state index contributed by atoms with van der Waals surface area (Å²) in [6.45, 7) is 6.32. The van der Waals surface area contributed by atoms with Gasteiger partial charge in [0.05, 0.1) is 6.10 Å². The molecule has 0 aromatic rings. The van der Waals surface area contributed by atoms with Gasteiger partial charge in [-0.1, -0.05) is 13.8 Å². The Morgan fingerprint density at radius 1 is 1.24 bits per heavy atom. The number of nitrogens with zero attached hydrogens (tertiary/aromatic N) is 1. The Hall–Kier alpha value is -0.120. The molecule has 3 atom stereocenters. The zero-order valence-corrected chi connectivity index (χ0v) is 11.4. The molecule has 2 aliphatic rings. The van der Waals surface area contributed by atoms with E-state index in [1.807, 2.05) is 0 Å². The first-order valence-corrected chi connectivity index (χ1v) is 7.41. The summed E-state index contributed by atoms with van der Waals surface area (Å²) >= 11 is 0. The van der Waals surface area contributed by atoms with Crippen molar-refractivity contribution in [2.75, 3.05) is 13.1 Å². The summed E-state index contributed by atoms with van der Waals surface area (Å²) in [5.74, 6) is 0. The van der Waals surface area contributed by atoms with Gasteiger partial charge in [0, 0.05) is 24.7 Å². The molecule has 0 aromatic heterocycles. The Morgan fingerprint density at radius 2 is 1.88 bits per heavy atom. The minimum Gasteiger partial charge on any atom is -0.392 e. The molecule has 0 spiro atoms. The number of rotatable bonds is 6. The second kappa shape index (κ2) is 6.17. The van der Waals surface area contributed by atoms with Crippen LogP contribution < -0.4 is 5.32 Å². The van der Waals surface area contributed by atoms with Crippen molar-refractivity contribution in [3.8, 4) is 0 Å². The normalized spacial score (nSPS) is 34.2. The number of aliphatic hydroxyl groups excluding tert-OH is 1. The van der Waals surface area contributed by atoms with Crippen LogP contribution in [0.4, 0.5) is 0 Å². The lowest BCUT2D eigenvalue weighted by Gasteiger charge is -2.38. The van der Waals surface area contributed by atoms with Crippen LogP contribution >= 0.6 is 0 Å². The fourth-order valence-corrected chi connectivity index (χ4v) is 3.44. The van der Waals surface area contributed by atoms with Crippen LogP contribution in [-0.4, -0.2) is 47.3 Å². The number of hydrogen-bond donors (Lipinski definition) is 2. The van der Waals surface area contributed by atoms with Crippen LogP contribution in [0.15, 0.2) is 0 Å². The molecule has 2 aliphatic heterocycles.